The van der Waals surface area contributed by atoms with Crippen LogP contribution in [0, 0.1) is 19.4 Å². The lowest BCUT2D eigenvalue weighted by atomic mass is 9.98. The number of hydrogen-bond donors (Lipinski definition) is 3. The number of rotatable bonds is 10. The van der Waals surface area contributed by atoms with E-state index in [0.29, 0.717) is 5.56 Å². The maximum Gasteiger partial charge on any atom is 0.408 e. The van der Waals surface area contributed by atoms with Gasteiger partial charge in [-0.1, -0.05) is 61.0 Å². The Balaban J connectivity index is 2.40. The van der Waals surface area contributed by atoms with Crippen molar-refractivity contribution in [2.75, 3.05) is 0 Å². The fraction of sp³-hybridized carbons (Fsp3) is 0.357. The van der Waals surface area contributed by atoms with Crippen molar-refractivity contribution in [1.29, 1.82) is 0 Å². The van der Waals surface area contributed by atoms with Crippen molar-refractivity contribution in [3.05, 3.63) is 71.3 Å². The summed E-state index contributed by atoms with van der Waals surface area (Å²) in [5.41, 5.74) is 6.58. The van der Waals surface area contributed by atoms with E-state index >= 15 is 0 Å². The Kier molecular flexibility index (Phi) is 10.3. The molecule has 4 N–H and O–H groups in total. The normalized spacial score (nSPS) is 12.4. The largest absolute Gasteiger partial charge is 0.444 e. The molecule has 0 saturated heterocycles. The summed E-state index contributed by atoms with van der Waals surface area (Å²) in [5.74, 6) is -1.92. The number of ether oxygens (including phenoxy) is 1. The molecule has 196 valence electrons. The zero-order valence-electron chi connectivity index (χ0n) is 21.6. The van der Waals surface area contributed by atoms with E-state index in [0.717, 1.165) is 16.0 Å². The SMILES string of the molecule is C#CN(C(=O)C(CCC(N)=O)NC(=O)OC(C)(C)C)C(C(=O)NCc1ccccc1)c1ccccc1C. The van der Waals surface area contributed by atoms with Gasteiger partial charge in [0.25, 0.3) is 5.91 Å². The number of hydrogen-bond acceptors (Lipinski definition) is 5. The molecular formula is C28H34N4O5. The van der Waals surface area contributed by atoms with Crippen LogP contribution >= 0.6 is 0 Å². The molecule has 37 heavy (non-hydrogen) atoms. The Hall–Kier alpha value is -4.32. The highest BCUT2D eigenvalue weighted by molar-refractivity contribution is 5.93. The van der Waals surface area contributed by atoms with E-state index < -0.39 is 41.5 Å². The van der Waals surface area contributed by atoms with E-state index in [1.54, 1.807) is 52.0 Å². The van der Waals surface area contributed by atoms with E-state index in [4.69, 9.17) is 16.9 Å². The number of carbonyl (C=O) groups is 4. The summed E-state index contributed by atoms with van der Waals surface area (Å²) in [7, 11) is 0. The van der Waals surface area contributed by atoms with Gasteiger partial charge in [-0.3, -0.25) is 19.3 Å². The summed E-state index contributed by atoms with van der Waals surface area (Å²) in [4.78, 5) is 52.0. The monoisotopic (exact) mass is 506 g/mol. The molecule has 2 atom stereocenters. The number of nitrogens with zero attached hydrogens (tertiary/aromatic N) is 1. The quantitative estimate of drug-likeness (QED) is 0.337. The van der Waals surface area contributed by atoms with Crippen LogP contribution in [-0.4, -0.2) is 40.4 Å². The first-order chi connectivity index (χ1) is 17.4. The van der Waals surface area contributed by atoms with Gasteiger partial charge in [-0.2, -0.15) is 0 Å². The van der Waals surface area contributed by atoms with Crippen LogP contribution in [0.25, 0.3) is 0 Å². The number of carbonyl (C=O) groups excluding carboxylic acids is 4. The van der Waals surface area contributed by atoms with Gasteiger partial charge >= 0.3 is 6.09 Å². The van der Waals surface area contributed by atoms with Gasteiger partial charge in [-0.15, -0.1) is 0 Å². The molecule has 9 nitrogen and oxygen atoms in total. The molecule has 4 amide bonds. The molecule has 0 spiro atoms. The lowest BCUT2D eigenvalue weighted by Gasteiger charge is -2.31. The van der Waals surface area contributed by atoms with E-state index in [-0.39, 0.29) is 19.4 Å². The summed E-state index contributed by atoms with van der Waals surface area (Å²) in [6, 6.07) is 16.2. The molecule has 2 rings (SSSR count). The lowest BCUT2D eigenvalue weighted by Crippen LogP contribution is -2.51. The molecule has 2 aromatic rings. The van der Waals surface area contributed by atoms with Crippen LogP contribution in [0.3, 0.4) is 0 Å². The number of primary amides is 1. The summed E-state index contributed by atoms with van der Waals surface area (Å²) in [6.45, 7) is 7.04. The molecule has 0 fully saturated rings. The molecule has 0 heterocycles. The van der Waals surface area contributed by atoms with Gasteiger partial charge in [0.1, 0.15) is 17.7 Å². The topological polar surface area (TPSA) is 131 Å². The molecule has 0 aliphatic carbocycles. The number of terminal acetylenes is 1. The minimum atomic E-state index is -1.26. The molecule has 0 saturated carbocycles. The third kappa shape index (κ3) is 9.00. The van der Waals surface area contributed by atoms with Crippen molar-refractivity contribution >= 4 is 23.8 Å². The predicted molar refractivity (Wildman–Crippen MR) is 139 cm³/mol. The van der Waals surface area contributed by atoms with Gasteiger partial charge in [0.2, 0.25) is 11.8 Å². The van der Waals surface area contributed by atoms with Crippen LogP contribution in [0.4, 0.5) is 4.79 Å². The molecule has 0 bridgehead atoms. The highest BCUT2D eigenvalue weighted by Gasteiger charge is 2.36. The van der Waals surface area contributed by atoms with Crippen molar-refractivity contribution < 1.29 is 23.9 Å². The second-order valence-electron chi connectivity index (χ2n) is 9.50. The van der Waals surface area contributed by atoms with Crippen LogP contribution in [0.5, 0.6) is 0 Å². The zero-order valence-corrected chi connectivity index (χ0v) is 21.6. The van der Waals surface area contributed by atoms with Gasteiger partial charge in [-0.05, 0) is 50.8 Å². The number of aryl methyl sites for hydroxylation is 1. The summed E-state index contributed by atoms with van der Waals surface area (Å²) in [6.07, 6.45) is 4.58. The Bertz CT molecular complexity index is 1150. The number of benzene rings is 2. The van der Waals surface area contributed by atoms with Crippen molar-refractivity contribution in [3.63, 3.8) is 0 Å². The van der Waals surface area contributed by atoms with E-state index in [1.807, 2.05) is 30.3 Å². The predicted octanol–water partition coefficient (Wildman–Crippen LogP) is 2.93. The second kappa shape index (κ2) is 13.1. The van der Waals surface area contributed by atoms with E-state index in [1.165, 1.54) is 0 Å². The second-order valence-corrected chi connectivity index (χ2v) is 9.50. The number of nitrogens with one attached hydrogen (secondary N) is 2. The number of alkyl carbamates (subject to hydrolysis) is 1. The third-order valence-corrected chi connectivity index (χ3v) is 5.34. The van der Waals surface area contributed by atoms with Gasteiger partial charge in [0.15, 0.2) is 0 Å². The highest BCUT2D eigenvalue weighted by Crippen LogP contribution is 2.25. The van der Waals surface area contributed by atoms with Crippen LogP contribution < -0.4 is 16.4 Å². The molecule has 0 radical (unpaired) electrons. The van der Waals surface area contributed by atoms with Crippen LogP contribution in [0.15, 0.2) is 54.6 Å². The van der Waals surface area contributed by atoms with Crippen LogP contribution in [0.2, 0.25) is 0 Å². The smallest absolute Gasteiger partial charge is 0.408 e. The molecule has 2 aromatic carbocycles. The molecule has 0 aliphatic heterocycles. The summed E-state index contributed by atoms with van der Waals surface area (Å²) >= 11 is 0. The zero-order chi connectivity index (χ0) is 27.6. The number of amides is 4. The minimum Gasteiger partial charge on any atom is -0.444 e. The first-order valence-corrected chi connectivity index (χ1v) is 11.9. The molecule has 0 aromatic heterocycles. The molecule has 2 unspecified atom stereocenters. The third-order valence-electron chi connectivity index (χ3n) is 5.34. The van der Waals surface area contributed by atoms with Gasteiger partial charge in [0.05, 0.1) is 0 Å². The molecule has 9 heteroatoms. The average Bonchev–Trinajstić information content (AvgIpc) is 2.83. The lowest BCUT2D eigenvalue weighted by molar-refractivity contribution is -0.139. The fourth-order valence-corrected chi connectivity index (χ4v) is 3.60. The summed E-state index contributed by atoms with van der Waals surface area (Å²) in [5, 5.41) is 5.31. The van der Waals surface area contributed by atoms with Crippen molar-refractivity contribution in [1.82, 2.24) is 15.5 Å². The highest BCUT2D eigenvalue weighted by atomic mass is 16.6. The maximum absolute atomic E-state index is 13.7. The fourth-order valence-electron chi connectivity index (χ4n) is 3.60. The molecular weight excluding hydrogens is 472 g/mol. The Morgan fingerprint density at radius 1 is 1.05 bits per heavy atom. The van der Waals surface area contributed by atoms with Crippen molar-refractivity contribution in [2.45, 2.75) is 64.8 Å². The van der Waals surface area contributed by atoms with Crippen molar-refractivity contribution in [2.24, 2.45) is 5.73 Å². The first kappa shape index (κ1) is 28.9. The minimum absolute atomic E-state index is 0.127. The van der Waals surface area contributed by atoms with E-state index in [2.05, 4.69) is 16.7 Å². The standard InChI is InChI=1S/C28H34N4O5/c1-6-32(26(35)22(16-17-23(29)33)31-27(36)37-28(3,4)5)24(21-15-11-10-12-19(21)2)25(34)30-18-20-13-8-7-9-14-20/h1,7-15,22,24H,16-18H2,2-5H3,(H2,29,33)(H,30,34)(H,31,36). The van der Waals surface area contributed by atoms with E-state index in [9.17, 15) is 19.2 Å². The van der Waals surface area contributed by atoms with Crippen LogP contribution in [-0.2, 0) is 25.7 Å². The Morgan fingerprint density at radius 2 is 1.68 bits per heavy atom. The van der Waals surface area contributed by atoms with Gasteiger partial charge in [0, 0.05) is 19.0 Å². The Labute approximate surface area is 217 Å². The van der Waals surface area contributed by atoms with Gasteiger partial charge in [-0.25, -0.2) is 4.79 Å². The van der Waals surface area contributed by atoms with Gasteiger partial charge < -0.3 is 21.1 Å². The maximum atomic E-state index is 13.7. The van der Waals surface area contributed by atoms with Crippen LogP contribution in [0.1, 0.15) is 56.3 Å². The summed E-state index contributed by atoms with van der Waals surface area (Å²) < 4.78 is 5.27. The molecule has 0 aliphatic rings. The Morgan fingerprint density at radius 3 is 2.24 bits per heavy atom. The van der Waals surface area contributed by atoms with Crippen molar-refractivity contribution in [3.8, 4) is 12.5 Å². The average molecular weight is 507 g/mol. The number of nitrogens with two attached hydrogens (primary N) is 1. The first-order valence-electron chi connectivity index (χ1n) is 11.9.